The monoisotopic (exact) mass is 360 g/mol. The van der Waals surface area contributed by atoms with Gasteiger partial charge in [-0.15, -0.1) is 0 Å². The van der Waals surface area contributed by atoms with Crippen LogP contribution in [0.3, 0.4) is 0 Å². The second-order valence-corrected chi connectivity index (χ2v) is 6.52. The van der Waals surface area contributed by atoms with Crippen LogP contribution in [0.15, 0.2) is 88.6 Å². The summed E-state index contributed by atoms with van der Waals surface area (Å²) in [5.41, 5.74) is 3.15. The smallest absolute Gasteiger partial charge is 0.297 e. The number of benzene rings is 2. The van der Waals surface area contributed by atoms with Crippen LogP contribution in [-0.2, 0) is 4.79 Å². The normalized spacial score (nSPS) is 14.8. The maximum absolute atomic E-state index is 12.7. The Morgan fingerprint density at radius 1 is 1.04 bits per heavy atom. The standard InChI is InChI=1S/C22H21N3O2/c26-21(25-14-13-19(24-25)17-8-3-1-4-9-17)16-23-22(20-12-7-15-27-20)18-10-5-2-6-11-18/h1-12,15,22-23H,13-14,16H2/p+1/t22-/m1/s1. The first-order valence-corrected chi connectivity index (χ1v) is 9.16. The molecule has 3 aromatic rings. The van der Waals surface area contributed by atoms with E-state index in [9.17, 15) is 4.79 Å². The van der Waals surface area contributed by atoms with E-state index in [2.05, 4.69) is 17.2 Å². The zero-order valence-electron chi connectivity index (χ0n) is 15.0. The van der Waals surface area contributed by atoms with Gasteiger partial charge in [-0.3, -0.25) is 4.79 Å². The first-order chi connectivity index (χ1) is 13.3. The lowest BCUT2D eigenvalue weighted by Gasteiger charge is -2.16. The largest absolute Gasteiger partial charge is 0.463 e. The van der Waals surface area contributed by atoms with Crippen molar-refractivity contribution in [3.05, 3.63) is 95.9 Å². The zero-order valence-corrected chi connectivity index (χ0v) is 15.0. The van der Waals surface area contributed by atoms with Gasteiger partial charge in [0.05, 0.1) is 18.5 Å². The molecular weight excluding hydrogens is 338 g/mol. The third-order valence-corrected chi connectivity index (χ3v) is 4.73. The minimum Gasteiger partial charge on any atom is -0.463 e. The Kier molecular flexibility index (Phi) is 5.12. The summed E-state index contributed by atoms with van der Waals surface area (Å²) in [6.45, 7) is 0.944. The van der Waals surface area contributed by atoms with Crippen LogP contribution in [0.25, 0.3) is 0 Å². The molecule has 0 fully saturated rings. The lowest BCUT2D eigenvalue weighted by Crippen LogP contribution is -2.87. The number of carbonyl (C=O) groups is 1. The summed E-state index contributed by atoms with van der Waals surface area (Å²) < 4.78 is 5.60. The predicted molar refractivity (Wildman–Crippen MR) is 103 cm³/mol. The summed E-state index contributed by atoms with van der Waals surface area (Å²) in [6, 6.07) is 23.9. The third-order valence-electron chi connectivity index (χ3n) is 4.73. The number of rotatable bonds is 6. The van der Waals surface area contributed by atoms with Crippen LogP contribution in [0.2, 0.25) is 0 Å². The van der Waals surface area contributed by atoms with Gasteiger partial charge < -0.3 is 9.73 Å². The molecule has 0 bridgehead atoms. The summed E-state index contributed by atoms with van der Waals surface area (Å²) in [5, 5.41) is 8.12. The van der Waals surface area contributed by atoms with Crippen LogP contribution in [-0.4, -0.2) is 29.7 Å². The summed E-state index contributed by atoms with van der Waals surface area (Å²) in [5.74, 6) is 0.845. The first-order valence-electron chi connectivity index (χ1n) is 9.16. The molecule has 1 aliphatic rings. The minimum absolute atomic E-state index is 0.00779. The summed E-state index contributed by atoms with van der Waals surface area (Å²) in [4.78, 5) is 12.7. The fourth-order valence-corrected chi connectivity index (χ4v) is 3.34. The van der Waals surface area contributed by atoms with Crippen molar-refractivity contribution < 1.29 is 14.5 Å². The van der Waals surface area contributed by atoms with Crippen LogP contribution < -0.4 is 5.32 Å². The Morgan fingerprint density at radius 3 is 2.48 bits per heavy atom. The second-order valence-electron chi connectivity index (χ2n) is 6.52. The molecule has 2 aromatic carbocycles. The summed E-state index contributed by atoms with van der Waals surface area (Å²) in [6.07, 6.45) is 2.45. The van der Waals surface area contributed by atoms with Gasteiger partial charge >= 0.3 is 0 Å². The highest BCUT2D eigenvalue weighted by atomic mass is 16.3. The number of hydrazone groups is 1. The van der Waals surface area contributed by atoms with E-state index in [1.165, 1.54) is 0 Å². The Hall–Kier alpha value is -3.18. The number of amides is 1. The third kappa shape index (κ3) is 3.99. The number of hydrogen-bond donors (Lipinski definition) is 1. The molecule has 0 radical (unpaired) electrons. The average Bonchev–Trinajstić information content (AvgIpc) is 3.42. The number of quaternary nitrogens is 1. The van der Waals surface area contributed by atoms with Gasteiger partial charge in [0.2, 0.25) is 0 Å². The number of hydrogen-bond acceptors (Lipinski definition) is 3. The molecule has 136 valence electrons. The van der Waals surface area contributed by atoms with Crippen LogP contribution in [0.5, 0.6) is 0 Å². The molecule has 0 saturated carbocycles. The van der Waals surface area contributed by atoms with Gasteiger partial charge in [-0.2, -0.15) is 5.10 Å². The van der Waals surface area contributed by atoms with Crippen LogP contribution in [0, 0.1) is 0 Å². The maximum Gasteiger partial charge on any atom is 0.297 e. The van der Waals surface area contributed by atoms with Gasteiger partial charge in [-0.05, 0) is 17.7 Å². The molecule has 5 heteroatoms. The summed E-state index contributed by atoms with van der Waals surface area (Å²) >= 11 is 0. The molecule has 27 heavy (non-hydrogen) atoms. The molecule has 1 atom stereocenters. The zero-order chi connectivity index (χ0) is 18.5. The van der Waals surface area contributed by atoms with Crippen LogP contribution in [0.1, 0.15) is 29.3 Å². The molecule has 1 aliphatic heterocycles. The van der Waals surface area contributed by atoms with E-state index < -0.39 is 0 Å². The molecule has 0 spiro atoms. The van der Waals surface area contributed by atoms with Gasteiger partial charge in [0.25, 0.3) is 5.91 Å². The minimum atomic E-state index is -0.0506. The van der Waals surface area contributed by atoms with E-state index in [0.717, 1.165) is 29.0 Å². The molecule has 5 nitrogen and oxygen atoms in total. The molecule has 0 unspecified atom stereocenters. The Balaban J connectivity index is 1.44. The van der Waals surface area contributed by atoms with Crippen LogP contribution >= 0.6 is 0 Å². The molecule has 1 amide bonds. The Morgan fingerprint density at radius 2 is 1.78 bits per heavy atom. The average molecular weight is 360 g/mol. The molecule has 0 aliphatic carbocycles. The van der Waals surface area contributed by atoms with Gasteiger partial charge in [0.1, 0.15) is 0 Å². The van der Waals surface area contributed by atoms with Gasteiger partial charge in [-0.1, -0.05) is 60.7 Å². The quantitative estimate of drug-likeness (QED) is 0.734. The fourth-order valence-electron chi connectivity index (χ4n) is 3.34. The van der Waals surface area contributed by atoms with Crippen molar-refractivity contribution in [2.24, 2.45) is 5.10 Å². The van der Waals surface area contributed by atoms with Crippen molar-refractivity contribution in [1.29, 1.82) is 0 Å². The van der Waals surface area contributed by atoms with E-state index in [-0.39, 0.29) is 11.9 Å². The topological polar surface area (TPSA) is 62.4 Å². The maximum atomic E-state index is 12.7. The van der Waals surface area contributed by atoms with E-state index in [1.54, 1.807) is 11.3 Å². The lowest BCUT2D eigenvalue weighted by atomic mass is 10.0. The SMILES string of the molecule is O=C(C[NH2+][C@H](c1ccccc1)c1ccco1)N1CCC(c2ccccc2)=N1. The van der Waals surface area contributed by atoms with Gasteiger partial charge in [0.15, 0.2) is 18.3 Å². The van der Waals surface area contributed by atoms with E-state index in [0.29, 0.717) is 13.1 Å². The second kappa shape index (κ2) is 8.01. The van der Waals surface area contributed by atoms with Crippen molar-refractivity contribution in [2.75, 3.05) is 13.1 Å². The molecular formula is C22H22N3O2+. The van der Waals surface area contributed by atoms with Crippen LogP contribution in [0.4, 0.5) is 0 Å². The van der Waals surface area contributed by atoms with Crippen molar-refractivity contribution in [3.63, 3.8) is 0 Å². The molecule has 2 heterocycles. The van der Waals surface area contributed by atoms with Crippen molar-refractivity contribution >= 4 is 11.6 Å². The highest BCUT2D eigenvalue weighted by Gasteiger charge is 2.26. The van der Waals surface area contributed by atoms with E-state index >= 15 is 0 Å². The Labute approximate surface area is 158 Å². The van der Waals surface area contributed by atoms with Crippen molar-refractivity contribution in [1.82, 2.24) is 5.01 Å². The fraction of sp³-hybridized carbons (Fsp3) is 0.182. The number of furan rings is 1. The molecule has 0 saturated heterocycles. The summed E-state index contributed by atoms with van der Waals surface area (Å²) in [7, 11) is 0. The van der Waals surface area contributed by atoms with E-state index in [1.807, 2.05) is 66.0 Å². The highest BCUT2D eigenvalue weighted by Crippen LogP contribution is 2.18. The highest BCUT2D eigenvalue weighted by molar-refractivity contribution is 6.02. The van der Waals surface area contributed by atoms with E-state index in [4.69, 9.17) is 4.42 Å². The lowest BCUT2D eigenvalue weighted by molar-refractivity contribution is -0.679. The Bertz CT molecular complexity index is 905. The molecule has 1 aromatic heterocycles. The van der Waals surface area contributed by atoms with Crippen molar-refractivity contribution in [3.8, 4) is 0 Å². The first kappa shape index (κ1) is 17.2. The van der Waals surface area contributed by atoms with Gasteiger partial charge in [-0.25, -0.2) is 5.01 Å². The molecule has 4 rings (SSSR count). The number of nitrogens with two attached hydrogens (primary N) is 1. The number of carbonyl (C=O) groups excluding carboxylic acids is 1. The number of nitrogens with zero attached hydrogens (tertiary/aromatic N) is 2. The molecule has 2 N–H and O–H groups in total. The van der Waals surface area contributed by atoms with Gasteiger partial charge in [0, 0.05) is 12.0 Å². The van der Waals surface area contributed by atoms with Crippen molar-refractivity contribution in [2.45, 2.75) is 12.5 Å². The predicted octanol–water partition coefficient (Wildman–Crippen LogP) is 2.57.